The Labute approximate surface area is 108 Å². The lowest BCUT2D eigenvalue weighted by atomic mass is 10.2. The molecule has 0 amide bonds. The van der Waals surface area contributed by atoms with Crippen molar-refractivity contribution in [3.05, 3.63) is 28.8 Å². The fourth-order valence-corrected chi connectivity index (χ4v) is 2.39. The second-order valence-electron chi connectivity index (χ2n) is 4.69. The lowest BCUT2D eigenvalue weighted by Crippen LogP contribution is -2.30. The van der Waals surface area contributed by atoms with Crippen molar-refractivity contribution in [1.82, 2.24) is 5.32 Å². The molecule has 0 spiro atoms. The number of aryl methyl sites for hydroxylation is 1. The molecule has 0 bridgehead atoms. The quantitative estimate of drug-likeness (QED) is 0.811. The maximum Gasteiger partial charge on any atom is 0.119 e. The Hall–Kier alpha value is -0.730. The van der Waals surface area contributed by atoms with Crippen LogP contribution in [0.3, 0.4) is 0 Å². The zero-order valence-electron chi connectivity index (χ0n) is 10.3. The Kier molecular flexibility index (Phi) is 4.69. The van der Waals surface area contributed by atoms with Gasteiger partial charge in [0.15, 0.2) is 0 Å². The van der Waals surface area contributed by atoms with Gasteiger partial charge in [-0.2, -0.15) is 0 Å². The molecule has 1 aromatic rings. The third-order valence-electron chi connectivity index (χ3n) is 3.29. The summed E-state index contributed by atoms with van der Waals surface area (Å²) >= 11 is 5.96. The van der Waals surface area contributed by atoms with Crippen molar-refractivity contribution in [2.45, 2.75) is 38.6 Å². The minimum absolute atomic E-state index is 0.713. The summed E-state index contributed by atoms with van der Waals surface area (Å²) in [6.07, 6.45) is 5.38. The van der Waals surface area contributed by atoms with E-state index in [9.17, 15) is 0 Å². The van der Waals surface area contributed by atoms with Gasteiger partial charge in [0, 0.05) is 17.6 Å². The van der Waals surface area contributed by atoms with Crippen LogP contribution in [0.25, 0.3) is 0 Å². The number of halogens is 1. The van der Waals surface area contributed by atoms with E-state index in [-0.39, 0.29) is 0 Å². The molecule has 0 aromatic heterocycles. The molecule has 94 valence electrons. The second-order valence-corrected chi connectivity index (χ2v) is 5.10. The average molecular weight is 254 g/mol. The highest BCUT2D eigenvalue weighted by atomic mass is 35.5. The Morgan fingerprint density at radius 1 is 1.35 bits per heavy atom. The van der Waals surface area contributed by atoms with E-state index in [4.69, 9.17) is 16.3 Å². The molecular formula is C14H20ClNO. The first kappa shape index (κ1) is 12.7. The summed E-state index contributed by atoms with van der Waals surface area (Å²) < 4.78 is 5.68. The van der Waals surface area contributed by atoms with Gasteiger partial charge in [-0.3, -0.25) is 0 Å². The summed E-state index contributed by atoms with van der Waals surface area (Å²) in [7, 11) is 0. The standard InChI is InChI=1S/C14H20ClNO/c1-11-10-13(6-7-14(11)15)17-9-8-16-12-4-2-3-5-12/h6-7,10,12,16H,2-5,8-9H2,1H3. The van der Waals surface area contributed by atoms with E-state index in [1.807, 2.05) is 25.1 Å². The summed E-state index contributed by atoms with van der Waals surface area (Å²) in [6.45, 7) is 3.63. The summed E-state index contributed by atoms with van der Waals surface area (Å²) in [5.74, 6) is 0.903. The molecule has 0 aliphatic heterocycles. The fraction of sp³-hybridized carbons (Fsp3) is 0.571. The summed E-state index contributed by atoms with van der Waals surface area (Å²) in [4.78, 5) is 0. The van der Waals surface area contributed by atoms with Crippen molar-refractivity contribution in [3.8, 4) is 5.75 Å². The number of hydrogen-bond donors (Lipinski definition) is 1. The van der Waals surface area contributed by atoms with Gasteiger partial charge in [-0.05, 0) is 43.5 Å². The topological polar surface area (TPSA) is 21.3 Å². The van der Waals surface area contributed by atoms with Crippen LogP contribution in [0.5, 0.6) is 5.75 Å². The molecule has 0 heterocycles. The van der Waals surface area contributed by atoms with E-state index >= 15 is 0 Å². The number of rotatable bonds is 5. The van der Waals surface area contributed by atoms with Crippen LogP contribution < -0.4 is 10.1 Å². The molecule has 0 unspecified atom stereocenters. The lowest BCUT2D eigenvalue weighted by Gasteiger charge is -2.12. The number of ether oxygens (including phenoxy) is 1. The summed E-state index contributed by atoms with van der Waals surface area (Å²) in [6, 6.07) is 6.50. The molecule has 2 nitrogen and oxygen atoms in total. The predicted molar refractivity (Wildman–Crippen MR) is 71.9 cm³/mol. The van der Waals surface area contributed by atoms with E-state index in [0.717, 1.165) is 29.5 Å². The maximum absolute atomic E-state index is 5.96. The van der Waals surface area contributed by atoms with Crippen LogP contribution >= 0.6 is 11.6 Å². The Bertz CT molecular complexity index is 361. The predicted octanol–water partition coefficient (Wildman–Crippen LogP) is 3.56. The van der Waals surface area contributed by atoms with Gasteiger partial charge >= 0.3 is 0 Å². The Morgan fingerprint density at radius 2 is 2.12 bits per heavy atom. The fourth-order valence-electron chi connectivity index (χ4n) is 2.27. The highest BCUT2D eigenvalue weighted by molar-refractivity contribution is 6.31. The van der Waals surface area contributed by atoms with Crippen LogP contribution in [0.2, 0.25) is 5.02 Å². The highest BCUT2D eigenvalue weighted by Crippen LogP contribution is 2.21. The van der Waals surface area contributed by atoms with Crippen LogP contribution in [0.1, 0.15) is 31.2 Å². The molecular weight excluding hydrogens is 234 g/mol. The average Bonchev–Trinajstić information content (AvgIpc) is 2.82. The van der Waals surface area contributed by atoms with E-state index in [2.05, 4.69) is 5.32 Å². The van der Waals surface area contributed by atoms with Crippen LogP contribution in [-0.4, -0.2) is 19.2 Å². The van der Waals surface area contributed by atoms with Crippen LogP contribution in [-0.2, 0) is 0 Å². The summed E-state index contributed by atoms with van der Waals surface area (Å²) in [5, 5.41) is 4.32. The Balaban J connectivity index is 1.68. The molecule has 1 fully saturated rings. The van der Waals surface area contributed by atoms with Gasteiger partial charge in [-0.15, -0.1) is 0 Å². The van der Waals surface area contributed by atoms with Crippen molar-refractivity contribution in [1.29, 1.82) is 0 Å². The molecule has 1 saturated carbocycles. The third kappa shape index (κ3) is 3.90. The Morgan fingerprint density at radius 3 is 2.82 bits per heavy atom. The lowest BCUT2D eigenvalue weighted by molar-refractivity contribution is 0.305. The van der Waals surface area contributed by atoms with E-state index in [1.54, 1.807) is 0 Å². The molecule has 3 heteroatoms. The zero-order chi connectivity index (χ0) is 12.1. The van der Waals surface area contributed by atoms with E-state index in [1.165, 1.54) is 25.7 Å². The number of benzene rings is 1. The maximum atomic E-state index is 5.96. The first-order valence-corrected chi connectivity index (χ1v) is 6.76. The van der Waals surface area contributed by atoms with Gasteiger partial charge in [0.25, 0.3) is 0 Å². The minimum Gasteiger partial charge on any atom is -0.492 e. The van der Waals surface area contributed by atoms with Gasteiger partial charge in [0.05, 0.1) is 0 Å². The van der Waals surface area contributed by atoms with Crippen LogP contribution in [0.15, 0.2) is 18.2 Å². The zero-order valence-corrected chi connectivity index (χ0v) is 11.1. The monoisotopic (exact) mass is 253 g/mol. The normalized spacial score (nSPS) is 16.4. The van der Waals surface area contributed by atoms with Gasteiger partial charge < -0.3 is 10.1 Å². The molecule has 0 atom stereocenters. The van der Waals surface area contributed by atoms with Gasteiger partial charge in [-0.1, -0.05) is 24.4 Å². The summed E-state index contributed by atoms with van der Waals surface area (Å²) in [5.41, 5.74) is 1.06. The van der Waals surface area contributed by atoms with E-state index in [0.29, 0.717) is 6.04 Å². The first-order chi connectivity index (χ1) is 8.25. The van der Waals surface area contributed by atoms with E-state index < -0.39 is 0 Å². The SMILES string of the molecule is Cc1cc(OCCNC2CCCC2)ccc1Cl. The van der Waals surface area contributed by atoms with Gasteiger partial charge in [0.1, 0.15) is 12.4 Å². The van der Waals surface area contributed by atoms with Gasteiger partial charge in [0.2, 0.25) is 0 Å². The minimum atomic E-state index is 0.713. The van der Waals surface area contributed by atoms with Crippen molar-refractivity contribution >= 4 is 11.6 Å². The number of hydrogen-bond acceptors (Lipinski definition) is 2. The first-order valence-electron chi connectivity index (χ1n) is 6.38. The van der Waals surface area contributed by atoms with Crippen molar-refractivity contribution in [2.24, 2.45) is 0 Å². The van der Waals surface area contributed by atoms with Crippen LogP contribution in [0, 0.1) is 6.92 Å². The highest BCUT2D eigenvalue weighted by Gasteiger charge is 2.13. The molecule has 0 saturated heterocycles. The number of nitrogens with one attached hydrogen (secondary N) is 1. The van der Waals surface area contributed by atoms with Crippen molar-refractivity contribution in [2.75, 3.05) is 13.2 Å². The van der Waals surface area contributed by atoms with Crippen LogP contribution in [0.4, 0.5) is 0 Å². The molecule has 1 aliphatic rings. The molecule has 1 aromatic carbocycles. The molecule has 1 aliphatic carbocycles. The molecule has 1 N–H and O–H groups in total. The molecule has 0 radical (unpaired) electrons. The third-order valence-corrected chi connectivity index (χ3v) is 3.71. The smallest absolute Gasteiger partial charge is 0.119 e. The molecule has 17 heavy (non-hydrogen) atoms. The molecule has 2 rings (SSSR count). The second kappa shape index (κ2) is 6.27. The van der Waals surface area contributed by atoms with Gasteiger partial charge in [-0.25, -0.2) is 0 Å². The largest absolute Gasteiger partial charge is 0.492 e. The van der Waals surface area contributed by atoms with Crippen molar-refractivity contribution < 1.29 is 4.74 Å². The van der Waals surface area contributed by atoms with Crippen molar-refractivity contribution in [3.63, 3.8) is 0 Å².